The summed E-state index contributed by atoms with van der Waals surface area (Å²) in [5.41, 5.74) is 0.0562. The first-order chi connectivity index (χ1) is 9.02. The second-order valence-electron chi connectivity index (χ2n) is 6.85. The van der Waals surface area contributed by atoms with E-state index in [-0.39, 0.29) is 5.41 Å². The van der Waals surface area contributed by atoms with Crippen LogP contribution in [0.15, 0.2) is 0 Å². The summed E-state index contributed by atoms with van der Waals surface area (Å²) in [6, 6.07) is 1.55. The van der Waals surface area contributed by atoms with Crippen LogP contribution >= 0.6 is 11.5 Å². The Bertz CT molecular complexity index is 425. The highest BCUT2D eigenvalue weighted by Gasteiger charge is 2.28. The molecule has 1 aromatic rings. The van der Waals surface area contributed by atoms with Gasteiger partial charge in [-0.3, -0.25) is 0 Å². The maximum absolute atomic E-state index is 4.72. The molecule has 1 aliphatic carbocycles. The molecule has 1 aliphatic heterocycles. The minimum atomic E-state index is 0.0562. The van der Waals surface area contributed by atoms with E-state index in [1.807, 2.05) is 0 Å². The zero-order valence-electron chi connectivity index (χ0n) is 12.1. The van der Waals surface area contributed by atoms with E-state index >= 15 is 0 Å². The van der Waals surface area contributed by atoms with E-state index in [0.717, 1.165) is 36.1 Å². The Kier molecular flexibility index (Phi) is 3.52. The van der Waals surface area contributed by atoms with Crippen molar-refractivity contribution in [3.63, 3.8) is 0 Å². The third kappa shape index (κ3) is 3.26. The third-order valence-electron chi connectivity index (χ3n) is 3.90. The van der Waals surface area contributed by atoms with Crippen molar-refractivity contribution in [2.45, 2.75) is 64.0 Å². The summed E-state index contributed by atoms with van der Waals surface area (Å²) >= 11 is 1.55. The fourth-order valence-corrected chi connectivity index (χ4v) is 3.38. The van der Waals surface area contributed by atoms with Gasteiger partial charge in [-0.2, -0.15) is 4.37 Å². The molecule has 19 heavy (non-hydrogen) atoms. The lowest BCUT2D eigenvalue weighted by atomic mass is 9.96. The van der Waals surface area contributed by atoms with E-state index in [9.17, 15) is 0 Å². The molecule has 1 aromatic heterocycles. The number of hydrogen-bond acceptors (Lipinski definition) is 5. The van der Waals surface area contributed by atoms with Crippen LogP contribution in [0.3, 0.4) is 0 Å². The van der Waals surface area contributed by atoms with E-state index in [1.54, 1.807) is 11.5 Å². The molecule has 0 unspecified atom stereocenters. The van der Waals surface area contributed by atoms with Gasteiger partial charge in [-0.25, -0.2) is 4.98 Å². The van der Waals surface area contributed by atoms with Crippen molar-refractivity contribution >= 4 is 16.7 Å². The Balaban J connectivity index is 1.57. The van der Waals surface area contributed by atoms with Crippen LogP contribution in [-0.4, -0.2) is 34.5 Å². The smallest absolute Gasteiger partial charge is 0.205 e. The van der Waals surface area contributed by atoms with E-state index in [2.05, 4.69) is 35.4 Å². The number of anilines is 1. The first-order valence-corrected chi connectivity index (χ1v) is 8.15. The van der Waals surface area contributed by atoms with Gasteiger partial charge in [-0.15, -0.1) is 0 Å². The van der Waals surface area contributed by atoms with Gasteiger partial charge in [0.1, 0.15) is 5.82 Å². The van der Waals surface area contributed by atoms with Gasteiger partial charge in [0.25, 0.3) is 0 Å². The van der Waals surface area contributed by atoms with Crippen LogP contribution in [0, 0.1) is 0 Å². The monoisotopic (exact) mass is 280 g/mol. The molecular formula is C14H24N4S. The highest BCUT2D eigenvalue weighted by molar-refractivity contribution is 7.09. The molecule has 106 valence electrons. The van der Waals surface area contributed by atoms with Crippen LogP contribution in [-0.2, 0) is 5.41 Å². The highest BCUT2D eigenvalue weighted by atomic mass is 32.1. The van der Waals surface area contributed by atoms with Gasteiger partial charge < -0.3 is 10.2 Å². The maximum atomic E-state index is 4.72. The number of aromatic nitrogens is 2. The molecule has 2 fully saturated rings. The predicted octanol–water partition coefficient (Wildman–Crippen LogP) is 2.56. The second kappa shape index (κ2) is 5.02. The number of piperidine rings is 1. The van der Waals surface area contributed by atoms with Crippen molar-refractivity contribution < 1.29 is 0 Å². The number of hydrogen-bond donors (Lipinski definition) is 1. The number of nitrogens with one attached hydrogen (secondary N) is 1. The van der Waals surface area contributed by atoms with Crippen molar-refractivity contribution in [1.29, 1.82) is 0 Å². The van der Waals surface area contributed by atoms with Gasteiger partial charge in [0, 0.05) is 42.1 Å². The molecule has 0 radical (unpaired) electrons. The zero-order chi connectivity index (χ0) is 13.5. The molecule has 4 nitrogen and oxygen atoms in total. The summed E-state index contributed by atoms with van der Waals surface area (Å²) in [5.74, 6) is 0.978. The highest BCUT2D eigenvalue weighted by Crippen LogP contribution is 2.28. The molecule has 0 aromatic carbocycles. The quantitative estimate of drug-likeness (QED) is 0.924. The van der Waals surface area contributed by atoms with Crippen LogP contribution in [0.2, 0.25) is 0 Å². The summed E-state index contributed by atoms with van der Waals surface area (Å²) in [7, 11) is 0. The molecular weight excluding hydrogens is 256 g/mol. The fourth-order valence-electron chi connectivity index (χ4n) is 2.47. The first kappa shape index (κ1) is 13.3. The lowest BCUT2D eigenvalue weighted by molar-refractivity contribution is 0.412. The third-order valence-corrected chi connectivity index (χ3v) is 4.68. The summed E-state index contributed by atoms with van der Waals surface area (Å²) in [5, 5.41) is 4.84. The molecule has 2 aliphatic rings. The topological polar surface area (TPSA) is 41.1 Å². The van der Waals surface area contributed by atoms with E-state index < -0.39 is 0 Å². The van der Waals surface area contributed by atoms with Gasteiger partial charge in [0.15, 0.2) is 0 Å². The Morgan fingerprint density at radius 3 is 2.26 bits per heavy atom. The van der Waals surface area contributed by atoms with E-state index in [4.69, 9.17) is 4.98 Å². The minimum absolute atomic E-state index is 0.0562. The predicted molar refractivity (Wildman–Crippen MR) is 80.0 cm³/mol. The largest absolute Gasteiger partial charge is 0.347 e. The summed E-state index contributed by atoms with van der Waals surface area (Å²) in [6.45, 7) is 8.74. The average molecular weight is 280 g/mol. The van der Waals surface area contributed by atoms with Crippen LogP contribution in [0.25, 0.3) is 0 Å². The molecule has 1 saturated carbocycles. The van der Waals surface area contributed by atoms with Crippen LogP contribution < -0.4 is 10.2 Å². The average Bonchev–Trinajstić information content (AvgIpc) is 3.02. The normalized spacial score (nSPS) is 21.9. The molecule has 0 bridgehead atoms. The molecule has 0 amide bonds. The molecule has 5 heteroatoms. The number of nitrogens with zero attached hydrogens (tertiary/aromatic N) is 3. The van der Waals surface area contributed by atoms with Crippen LogP contribution in [0.4, 0.5) is 5.13 Å². The zero-order valence-corrected chi connectivity index (χ0v) is 13.0. The maximum Gasteiger partial charge on any atom is 0.205 e. The van der Waals surface area contributed by atoms with Gasteiger partial charge >= 0.3 is 0 Å². The minimum Gasteiger partial charge on any atom is -0.347 e. The number of rotatable bonds is 3. The van der Waals surface area contributed by atoms with E-state index in [1.165, 1.54) is 25.7 Å². The Labute approximate surface area is 119 Å². The fraction of sp³-hybridized carbons (Fsp3) is 0.857. The van der Waals surface area contributed by atoms with Crippen molar-refractivity contribution in [1.82, 2.24) is 14.7 Å². The summed E-state index contributed by atoms with van der Waals surface area (Å²) in [4.78, 5) is 7.12. The van der Waals surface area contributed by atoms with Crippen LogP contribution in [0.5, 0.6) is 0 Å². The molecule has 1 saturated heterocycles. The van der Waals surface area contributed by atoms with Gasteiger partial charge in [-0.1, -0.05) is 20.8 Å². The van der Waals surface area contributed by atoms with Crippen LogP contribution in [0.1, 0.15) is 52.3 Å². The second-order valence-corrected chi connectivity index (χ2v) is 7.58. The first-order valence-electron chi connectivity index (χ1n) is 7.37. The molecule has 0 spiro atoms. The Morgan fingerprint density at radius 1 is 1.11 bits per heavy atom. The van der Waals surface area contributed by atoms with E-state index in [0.29, 0.717) is 0 Å². The lowest BCUT2D eigenvalue weighted by Crippen LogP contribution is -2.43. The van der Waals surface area contributed by atoms with Crippen molar-refractivity contribution in [2.75, 3.05) is 18.0 Å². The summed E-state index contributed by atoms with van der Waals surface area (Å²) in [6.07, 6.45) is 5.24. The molecule has 0 atom stereocenters. The molecule has 3 rings (SSSR count). The standard InChI is InChI=1S/C14H24N4S/c1-14(2,3)12-16-13(19-17-12)18-8-6-11(7-9-18)15-10-4-5-10/h10-11,15H,4-9H2,1-3H3. The van der Waals surface area contributed by atoms with Crippen molar-refractivity contribution in [3.8, 4) is 0 Å². The van der Waals surface area contributed by atoms with Crippen molar-refractivity contribution in [2.24, 2.45) is 0 Å². The van der Waals surface area contributed by atoms with Crippen molar-refractivity contribution in [3.05, 3.63) is 5.82 Å². The van der Waals surface area contributed by atoms with Gasteiger partial charge in [0.05, 0.1) is 0 Å². The SMILES string of the molecule is CC(C)(C)c1nsc(N2CCC(NC3CC3)CC2)n1. The lowest BCUT2D eigenvalue weighted by Gasteiger charge is -2.32. The molecule has 1 N–H and O–H groups in total. The summed E-state index contributed by atoms with van der Waals surface area (Å²) < 4.78 is 4.51. The Hall–Kier alpha value is -0.680. The molecule has 2 heterocycles. The van der Waals surface area contributed by atoms with Gasteiger partial charge in [0.2, 0.25) is 5.13 Å². The van der Waals surface area contributed by atoms with Gasteiger partial charge in [-0.05, 0) is 25.7 Å². The Morgan fingerprint density at radius 2 is 1.74 bits per heavy atom.